The number of hydrogen-bond acceptors (Lipinski definition) is 3. The van der Waals surface area contributed by atoms with E-state index >= 15 is 0 Å². The summed E-state index contributed by atoms with van der Waals surface area (Å²) in [7, 11) is -1.96. The van der Waals surface area contributed by atoms with Crippen LogP contribution in [0.1, 0.15) is 12.5 Å². The molecule has 0 spiro atoms. The number of nitrogens with one attached hydrogen (secondary N) is 1. The lowest BCUT2D eigenvalue weighted by molar-refractivity contribution is 0.594. The molecule has 0 amide bonds. The first-order valence-electron chi connectivity index (χ1n) is 6.84. The smallest absolute Gasteiger partial charge is 0.264 e. The van der Waals surface area contributed by atoms with Crippen molar-refractivity contribution in [3.05, 3.63) is 54.1 Å². The lowest BCUT2D eigenvalue weighted by Gasteiger charge is -2.20. The Hall–Kier alpha value is -2.01. The summed E-state index contributed by atoms with van der Waals surface area (Å²) in [4.78, 5) is 0.284. The Bertz CT molecular complexity index is 692. The van der Waals surface area contributed by atoms with Crippen molar-refractivity contribution in [3.63, 3.8) is 0 Å². The first-order chi connectivity index (χ1) is 9.95. The molecule has 0 heterocycles. The average molecular weight is 304 g/mol. The molecule has 0 atom stereocenters. The molecular weight excluding hydrogens is 284 g/mol. The van der Waals surface area contributed by atoms with Crippen molar-refractivity contribution in [1.82, 2.24) is 0 Å². The third-order valence-electron chi connectivity index (χ3n) is 3.29. The van der Waals surface area contributed by atoms with Crippen LogP contribution in [0.25, 0.3) is 0 Å². The number of anilines is 2. The Labute approximate surface area is 126 Å². The van der Waals surface area contributed by atoms with Crippen molar-refractivity contribution < 1.29 is 8.42 Å². The molecule has 0 aliphatic rings. The second-order valence-corrected chi connectivity index (χ2v) is 6.83. The lowest BCUT2D eigenvalue weighted by atomic mass is 10.2. The van der Waals surface area contributed by atoms with E-state index in [0.717, 1.165) is 17.8 Å². The molecule has 0 unspecified atom stereocenters. The van der Waals surface area contributed by atoms with Gasteiger partial charge in [0, 0.05) is 19.3 Å². The second kappa shape index (κ2) is 6.18. The van der Waals surface area contributed by atoms with Gasteiger partial charge in [-0.05, 0) is 50.2 Å². The normalized spacial score (nSPS) is 11.2. The molecule has 0 aliphatic carbocycles. The minimum atomic E-state index is -3.53. The van der Waals surface area contributed by atoms with E-state index in [1.165, 1.54) is 4.31 Å². The fourth-order valence-electron chi connectivity index (χ4n) is 2.00. The quantitative estimate of drug-likeness (QED) is 0.922. The van der Waals surface area contributed by atoms with E-state index in [0.29, 0.717) is 5.69 Å². The highest BCUT2D eigenvalue weighted by Crippen LogP contribution is 2.23. The molecule has 0 saturated heterocycles. The molecule has 1 N–H and O–H groups in total. The van der Waals surface area contributed by atoms with Gasteiger partial charge < -0.3 is 5.32 Å². The first-order valence-corrected chi connectivity index (χ1v) is 8.28. The molecule has 112 valence electrons. The van der Waals surface area contributed by atoms with Crippen LogP contribution >= 0.6 is 0 Å². The Morgan fingerprint density at radius 1 is 1.00 bits per heavy atom. The van der Waals surface area contributed by atoms with E-state index in [1.807, 2.05) is 26.0 Å². The van der Waals surface area contributed by atoms with Gasteiger partial charge in [-0.25, -0.2) is 8.42 Å². The predicted octanol–water partition coefficient (Wildman–Crippen LogP) is 3.25. The van der Waals surface area contributed by atoms with Crippen LogP contribution in [-0.4, -0.2) is 22.0 Å². The molecule has 2 aromatic rings. The fraction of sp³-hybridized carbons (Fsp3) is 0.250. The molecular formula is C16H20N2O2S. The number of aryl methyl sites for hydroxylation is 1. The lowest BCUT2D eigenvalue weighted by Crippen LogP contribution is -2.26. The number of rotatable bonds is 5. The molecule has 2 aromatic carbocycles. The molecule has 0 aliphatic heterocycles. The van der Waals surface area contributed by atoms with Gasteiger partial charge in [0.2, 0.25) is 0 Å². The van der Waals surface area contributed by atoms with Gasteiger partial charge in [0.05, 0.1) is 10.6 Å². The maximum absolute atomic E-state index is 12.6. The average Bonchev–Trinajstić information content (AvgIpc) is 2.48. The van der Waals surface area contributed by atoms with Crippen LogP contribution in [0, 0.1) is 6.92 Å². The van der Waals surface area contributed by atoms with Gasteiger partial charge in [0.15, 0.2) is 0 Å². The van der Waals surface area contributed by atoms with Crippen molar-refractivity contribution in [3.8, 4) is 0 Å². The largest absolute Gasteiger partial charge is 0.385 e. The number of benzene rings is 2. The second-order valence-electron chi connectivity index (χ2n) is 4.86. The van der Waals surface area contributed by atoms with Gasteiger partial charge in [-0.1, -0.05) is 17.7 Å². The summed E-state index contributed by atoms with van der Waals surface area (Å²) >= 11 is 0. The molecule has 0 bridgehead atoms. The van der Waals surface area contributed by atoms with Gasteiger partial charge >= 0.3 is 0 Å². The summed E-state index contributed by atoms with van der Waals surface area (Å²) in [6.07, 6.45) is 0. The van der Waals surface area contributed by atoms with E-state index in [2.05, 4.69) is 5.32 Å². The maximum Gasteiger partial charge on any atom is 0.264 e. The van der Waals surface area contributed by atoms with Gasteiger partial charge in [-0.2, -0.15) is 0 Å². The fourth-order valence-corrected chi connectivity index (χ4v) is 3.20. The SMILES string of the molecule is CCNc1ccc(S(=O)(=O)N(C)c2ccc(C)cc2)cc1. The van der Waals surface area contributed by atoms with Crippen LogP contribution in [0.3, 0.4) is 0 Å². The Morgan fingerprint density at radius 2 is 1.57 bits per heavy atom. The molecule has 0 radical (unpaired) electrons. The zero-order valence-electron chi connectivity index (χ0n) is 12.5. The molecule has 0 aromatic heterocycles. The van der Waals surface area contributed by atoms with E-state index in [9.17, 15) is 8.42 Å². The highest BCUT2D eigenvalue weighted by atomic mass is 32.2. The Balaban J connectivity index is 2.30. The van der Waals surface area contributed by atoms with Crippen molar-refractivity contribution in [2.24, 2.45) is 0 Å². The van der Waals surface area contributed by atoms with E-state index < -0.39 is 10.0 Å². The third-order valence-corrected chi connectivity index (χ3v) is 5.09. The molecule has 21 heavy (non-hydrogen) atoms. The highest BCUT2D eigenvalue weighted by molar-refractivity contribution is 7.92. The van der Waals surface area contributed by atoms with Gasteiger partial charge in [0.1, 0.15) is 0 Å². The summed E-state index contributed by atoms with van der Waals surface area (Å²) in [5.41, 5.74) is 2.66. The van der Waals surface area contributed by atoms with Gasteiger partial charge in [-0.15, -0.1) is 0 Å². The van der Waals surface area contributed by atoms with Gasteiger partial charge in [0.25, 0.3) is 10.0 Å². The Morgan fingerprint density at radius 3 is 2.10 bits per heavy atom. The van der Waals surface area contributed by atoms with Crippen LogP contribution in [0.15, 0.2) is 53.4 Å². The summed E-state index contributed by atoms with van der Waals surface area (Å²) < 4.78 is 26.5. The van der Waals surface area contributed by atoms with E-state index in [4.69, 9.17) is 0 Å². The molecule has 5 heteroatoms. The zero-order valence-corrected chi connectivity index (χ0v) is 13.3. The number of sulfonamides is 1. The number of hydrogen-bond donors (Lipinski definition) is 1. The standard InChI is InChI=1S/C16H20N2O2S/c1-4-17-14-7-11-16(12-8-14)21(19,20)18(3)15-9-5-13(2)6-10-15/h5-12,17H,4H2,1-3H3. The summed E-state index contributed by atoms with van der Waals surface area (Å²) in [5, 5.41) is 3.14. The van der Waals surface area contributed by atoms with Gasteiger partial charge in [-0.3, -0.25) is 4.31 Å². The topological polar surface area (TPSA) is 49.4 Å². The molecule has 0 saturated carbocycles. The minimum Gasteiger partial charge on any atom is -0.385 e. The van der Waals surface area contributed by atoms with Crippen LogP contribution in [0.4, 0.5) is 11.4 Å². The summed E-state index contributed by atoms with van der Waals surface area (Å²) in [6, 6.07) is 14.2. The van der Waals surface area contributed by atoms with Crippen LogP contribution < -0.4 is 9.62 Å². The van der Waals surface area contributed by atoms with Crippen molar-refractivity contribution >= 4 is 21.4 Å². The van der Waals surface area contributed by atoms with E-state index in [-0.39, 0.29) is 4.90 Å². The van der Waals surface area contributed by atoms with E-state index in [1.54, 1.807) is 43.4 Å². The molecule has 4 nitrogen and oxygen atoms in total. The number of nitrogens with zero attached hydrogens (tertiary/aromatic N) is 1. The third kappa shape index (κ3) is 3.36. The molecule has 2 rings (SSSR count). The van der Waals surface area contributed by atoms with Crippen LogP contribution in [0.5, 0.6) is 0 Å². The first kappa shape index (κ1) is 15.4. The monoisotopic (exact) mass is 304 g/mol. The summed E-state index contributed by atoms with van der Waals surface area (Å²) in [6.45, 7) is 4.77. The van der Waals surface area contributed by atoms with Crippen molar-refractivity contribution in [2.75, 3.05) is 23.2 Å². The maximum atomic E-state index is 12.6. The molecule has 0 fully saturated rings. The van der Waals surface area contributed by atoms with Crippen molar-refractivity contribution in [1.29, 1.82) is 0 Å². The van der Waals surface area contributed by atoms with Crippen molar-refractivity contribution in [2.45, 2.75) is 18.7 Å². The van der Waals surface area contributed by atoms with Crippen LogP contribution in [0.2, 0.25) is 0 Å². The van der Waals surface area contributed by atoms with Crippen LogP contribution in [-0.2, 0) is 10.0 Å². The Kier molecular flexibility index (Phi) is 4.53. The summed E-state index contributed by atoms with van der Waals surface area (Å²) in [5.74, 6) is 0. The zero-order chi connectivity index (χ0) is 15.5. The predicted molar refractivity (Wildman–Crippen MR) is 87.4 cm³/mol. The highest BCUT2D eigenvalue weighted by Gasteiger charge is 2.20. The minimum absolute atomic E-state index is 0.284.